The first kappa shape index (κ1) is 16.2. The summed E-state index contributed by atoms with van der Waals surface area (Å²) in [5, 5.41) is 3.02. The number of fused-ring (bicyclic) bond motifs is 1. The summed E-state index contributed by atoms with van der Waals surface area (Å²) in [4.78, 5) is 12.2. The molecule has 0 aliphatic carbocycles. The summed E-state index contributed by atoms with van der Waals surface area (Å²) in [5.74, 6) is 1.49. The molecule has 0 saturated carbocycles. The summed E-state index contributed by atoms with van der Waals surface area (Å²) in [7, 11) is 0. The van der Waals surface area contributed by atoms with E-state index in [9.17, 15) is 4.79 Å². The van der Waals surface area contributed by atoms with Crippen molar-refractivity contribution in [3.05, 3.63) is 53.6 Å². The third kappa shape index (κ3) is 3.79. The van der Waals surface area contributed by atoms with Crippen molar-refractivity contribution >= 4 is 11.6 Å². The quantitative estimate of drug-likeness (QED) is 0.829. The second-order valence-corrected chi connectivity index (χ2v) is 5.89. The molecule has 0 fully saturated rings. The second kappa shape index (κ2) is 7.25. The highest BCUT2D eigenvalue weighted by molar-refractivity contribution is 5.77. The Morgan fingerprint density at radius 2 is 1.92 bits per heavy atom. The van der Waals surface area contributed by atoms with Crippen LogP contribution in [0.25, 0.3) is 0 Å². The number of nitrogens with one attached hydrogen (secondary N) is 1. The van der Waals surface area contributed by atoms with Gasteiger partial charge in [0.15, 0.2) is 11.5 Å². The molecule has 1 aliphatic heterocycles. The number of rotatable bonds is 5. The molecule has 1 aliphatic rings. The van der Waals surface area contributed by atoms with Gasteiger partial charge in [-0.2, -0.15) is 0 Å². The Balaban J connectivity index is 1.57. The van der Waals surface area contributed by atoms with E-state index in [0.29, 0.717) is 26.1 Å². The van der Waals surface area contributed by atoms with E-state index < -0.39 is 0 Å². The lowest BCUT2D eigenvalue weighted by molar-refractivity contribution is -0.121. The molecule has 1 amide bonds. The van der Waals surface area contributed by atoms with Crippen LogP contribution in [0.4, 0.5) is 5.69 Å². The number of hydrogen-bond donors (Lipinski definition) is 2. The number of para-hydroxylation sites is 1. The monoisotopic (exact) mass is 326 g/mol. The van der Waals surface area contributed by atoms with Crippen LogP contribution in [-0.4, -0.2) is 19.1 Å². The summed E-state index contributed by atoms with van der Waals surface area (Å²) in [5.41, 5.74) is 8.63. The van der Waals surface area contributed by atoms with Crippen LogP contribution in [0.15, 0.2) is 42.5 Å². The maximum atomic E-state index is 12.2. The van der Waals surface area contributed by atoms with E-state index in [1.807, 2.05) is 49.4 Å². The van der Waals surface area contributed by atoms with Crippen molar-refractivity contribution in [3.63, 3.8) is 0 Å². The van der Waals surface area contributed by atoms with E-state index in [1.54, 1.807) is 0 Å². The van der Waals surface area contributed by atoms with E-state index >= 15 is 0 Å². The Bertz CT molecular complexity index is 730. The second-order valence-electron chi connectivity index (χ2n) is 5.89. The minimum absolute atomic E-state index is 0.000595. The minimum atomic E-state index is -0.0959. The van der Waals surface area contributed by atoms with Gasteiger partial charge in [-0.1, -0.05) is 24.3 Å². The lowest BCUT2D eigenvalue weighted by atomic mass is 10.1. The number of carbonyl (C=O) groups is 1. The largest absolute Gasteiger partial charge is 0.486 e. The standard InChI is InChI=1S/C19H22N2O3/c1-13(15-6-8-17-18(12-15)24-11-10-23-17)21-19(22)9-7-14-4-2-3-5-16(14)20/h2-6,8,12-13H,7,9-11,20H2,1H3,(H,21,22). The third-order valence-corrected chi connectivity index (χ3v) is 4.12. The van der Waals surface area contributed by atoms with E-state index in [-0.39, 0.29) is 11.9 Å². The molecule has 24 heavy (non-hydrogen) atoms. The number of aryl methyl sites for hydroxylation is 1. The predicted molar refractivity (Wildman–Crippen MR) is 93.2 cm³/mol. The van der Waals surface area contributed by atoms with Gasteiger partial charge in [-0.3, -0.25) is 4.79 Å². The Hall–Kier alpha value is -2.69. The van der Waals surface area contributed by atoms with Crippen molar-refractivity contribution in [2.45, 2.75) is 25.8 Å². The lowest BCUT2D eigenvalue weighted by Crippen LogP contribution is -2.27. The number of benzene rings is 2. The minimum Gasteiger partial charge on any atom is -0.486 e. The molecule has 1 atom stereocenters. The highest BCUT2D eigenvalue weighted by Crippen LogP contribution is 2.32. The number of amides is 1. The maximum absolute atomic E-state index is 12.2. The molecule has 0 spiro atoms. The van der Waals surface area contributed by atoms with Crippen LogP contribution in [0, 0.1) is 0 Å². The van der Waals surface area contributed by atoms with E-state index in [0.717, 1.165) is 28.3 Å². The topological polar surface area (TPSA) is 73.6 Å². The molecule has 5 heteroatoms. The normalized spacial score (nSPS) is 14.0. The van der Waals surface area contributed by atoms with Crippen LogP contribution in [0.1, 0.15) is 30.5 Å². The average molecular weight is 326 g/mol. The molecule has 0 bridgehead atoms. The summed E-state index contributed by atoms with van der Waals surface area (Å²) >= 11 is 0. The van der Waals surface area contributed by atoms with Crippen LogP contribution in [0.3, 0.4) is 0 Å². The van der Waals surface area contributed by atoms with Crippen LogP contribution >= 0.6 is 0 Å². The van der Waals surface area contributed by atoms with Gasteiger partial charge in [0.25, 0.3) is 0 Å². The molecule has 126 valence electrons. The first-order valence-electron chi connectivity index (χ1n) is 8.16. The van der Waals surface area contributed by atoms with Crippen molar-refractivity contribution < 1.29 is 14.3 Å². The van der Waals surface area contributed by atoms with Gasteiger partial charge in [-0.15, -0.1) is 0 Å². The van der Waals surface area contributed by atoms with Crippen LogP contribution in [-0.2, 0) is 11.2 Å². The fraction of sp³-hybridized carbons (Fsp3) is 0.316. The molecule has 2 aromatic carbocycles. The van der Waals surface area contributed by atoms with Gasteiger partial charge in [0, 0.05) is 12.1 Å². The predicted octanol–water partition coefficient (Wildman–Crippen LogP) is 2.85. The van der Waals surface area contributed by atoms with Gasteiger partial charge in [0.2, 0.25) is 5.91 Å². The van der Waals surface area contributed by atoms with Gasteiger partial charge in [-0.05, 0) is 42.7 Å². The highest BCUT2D eigenvalue weighted by Gasteiger charge is 2.16. The SMILES string of the molecule is CC(NC(=O)CCc1ccccc1N)c1ccc2c(c1)OCCO2. The maximum Gasteiger partial charge on any atom is 0.220 e. The number of nitrogens with two attached hydrogens (primary N) is 1. The number of anilines is 1. The van der Waals surface area contributed by atoms with E-state index in [4.69, 9.17) is 15.2 Å². The Labute approximate surface area is 141 Å². The fourth-order valence-electron chi connectivity index (χ4n) is 2.74. The molecule has 5 nitrogen and oxygen atoms in total. The molecule has 3 N–H and O–H groups in total. The number of carbonyl (C=O) groups excluding carboxylic acids is 1. The number of hydrogen-bond acceptors (Lipinski definition) is 4. The summed E-state index contributed by atoms with van der Waals surface area (Å²) < 4.78 is 11.1. The zero-order valence-electron chi connectivity index (χ0n) is 13.7. The zero-order chi connectivity index (χ0) is 16.9. The number of nitrogen functional groups attached to an aromatic ring is 1. The van der Waals surface area contributed by atoms with E-state index in [1.165, 1.54) is 0 Å². The van der Waals surface area contributed by atoms with E-state index in [2.05, 4.69) is 5.32 Å². The van der Waals surface area contributed by atoms with Gasteiger partial charge in [0.05, 0.1) is 6.04 Å². The zero-order valence-corrected chi connectivity index (χ0v) is 13.7. The van der Waals surface area contributed by atoms with Crippen molar-refractivity contribution in [1.29, 1.82) is 0 Å². The lowest BCUT2D eigenvalue weighted by Gasteiger charge is -2.21. The molecule has 0 saturated heterocycles. The van der Waals surface area contributed by atoms with Crippen LogP contribution in [0.2, 0.25) is 0 Å². The van der Waals surface area contributed by atoms with Crippen molar-refractivity contribution in [3.8, 4) is 11.5 Å². The molecule has 0 radical (unpaired) electrons. The van der Waals surface area contributed by atoms with Crippen molar-refractivity contribution in [1.82, 2.24) is 5.32 Å². The van der Waals surface area contributed by atoms with Gasteiger partial charge < -0.3 is 20.5 Å². The Kier molecular flexibility index (Phi) is 4.89. The summed E-state index contributed by atoms with van der Waals surface area (Å²) in [6.45, 7) is 3.08. The molecule has 2 aromatic rings. The molecule has 1 unspecified atom stereocenters. The first-order chi connectivity index (χ1) is 11.6. The first-order valence-corrected chi connectivity index (χ1v) is 8.16. The van der Waals surface area contributed by atoms with Gasteiger partial charge in [-0.25, -0.2) is 0 Å². The summed E-state index contributed by atoms with van der Waals surface area (Å²) in [6.07, 6.45) is 1.04. The van der Waals surface area contributed by atoms with Gasteiger partial charge in [0.1, 0.15) is 13.2 Å². The van der Waals surface area contributed by atoms with Gasteiger partial charge >= 0.3 is 0 Å². The highest BCUT2D eigenvalue weighted by atomic mass is 16.6. The molecule has 1 heterocycles. The smallest absolute Gasteiger partial charge is 0.220 e. The third-order valence-electron chi connectivity index (χ3n) is 4.12. The molecular weight excluding hydrogens is 304 g/mol. The number of ether oxygens (including phenoxy) is 2. The van der Waals surface area contributed by atoms with Crippen molar-refractivity contribution in [2.24, 2.45) is 0 Å². The fourth-order valence-corrected chi connectivity index (χ4v) is 2.74. The molecular formula is C19H22N2O3. The van der Waals surface area contributed by atoms with Crippen LogP contribution in [0.5, 0.6) is 11.5 Å². The summed E-state index contributed by atoms with van der Waals surface area (Å²) in [6, 6.07) is 13.3. The Morgan fingerprint density at radius 3 is 2.71 bits per heavy atom. The Morgan fingerprint density at radius 1 is 1.17 bits per heavy atom. The average Bonchev–Trinajstić information content (AvgIpc) is 2.60. The van der Waals surface area contributed by atoms with Crippen LogP contribution < -0.4 is 20.5 Å². The molecule has 0 aromatic heterocycles. The van der Waals surface area contributed by atoms with Crippen molar-refractivity contribution in [2.75, 3.05) is 18.9 Å². The molecule has 3 rings (SSSR count).